The summed E-state index contributed by atoms with van der Waals surface area (Å²) in [4.78, 5) is 25.5. The summed E-state index contributed by atoms with van der Waals surface area (Å²) >= 11 is 1.64. The van der Waals surface area contributed by atoms with Crippen LogP contribution in [0.4, 0.5) is 0 Å². The highest BCUT2D eigenvalue weighted by molar-refractivity contribution is 7.07. The Hall–Kier alpha value is -1.36. The summed E-state index contributed by atoms with van der Waals surface area (Å²) in [5, 5.41) is 13.2. The molecule has 2 fully saturated rings. The van der Waals surface area contributed by atoms with Gasteiger partial charge in [-0.2, -0.15) is 11.3 Å². The maximum Gasteiger partial charge on any atom is 0.307 e. The van der Waals surface area contributed by atoms with Crippen molar-refractivity contribution in [3.8, 4) is 0 Å². The zero-order valence-electron chi connectivity index (χ0n) is 10.6. The average molecular weight is 279 g/mol. The van der Waals surface area contributed by atoms with Crippen LogP contribution in [0.1, 0.15) is 37.3 Å². The predicted molar refractivity (Wildman–Crippen MR) is 71.9 cm³/mol. The molecule has 1 aromatic heterocycles. The molecular formula is C14H17NO3S. The van der Waals surface area contributed by atoms with Gasteiger partial charge in [0.1, 0.15) is 0 Å². The molecule has 0 aromatic carbocycles. The number of carbonyl (C=O) groups excluding carboxylic acids is 1. The van der Waals surface area contributed by atoms with Crippen LogP contribution in [0.15, 0.2) is 16.8 Å². The lowest BCUT2D eigenvalue weighted by Crippen LogP contribution is -2.45. The smallest absolute Gasteiger partial charge is 0.307 e. The van der Waals surface area contributed by atoms with Crippen LogP contribution >= 0.6 is 11.3 Å². The van der Waals surface area contributed by atoms with Gasteiger partial charge >= 0.3 is 5.97 Å². The van der Waals surface area contributed by atoms with Crippen LogP contribution in [0.5, 0.6) is 0 Å². The standard InChI is InChI=1S/C14H17NO3S/c16-13(10-3-4-11(10)14(17)18)15-6-1-2-12(15)9-5-7-19-8-9/h5,7-8,10-12H,1-4,6H2,(H,17,18). The van der Waals surface area contributed by atoms with Gasteiger partial charge in [0.25, 0.3) is 0 Å². The quantitative estimate of drug-likeness (QED) is 0.925. The van der Waals surface area contributed by atoms with Gasteiger partial charge in [0.15, 0.2) is 0 Å². The minimum atomic E-state index is -0.823. The van der Waals surface area contributed by atoms with Crippen LogP contribution < -0.4 is 0 Å². The van der Waals surface area contributed by atoms with E-state index in [1.54, 1.807) is 11.3 Å². The second-order valence-electron chi connectivity index (χ2n) is 5.37. The van der Waals surface area contributed by atoms with Crippen molar-refractivity contribution >= 4 is 23.2 Å². The van der Waals surface area contributed by atoms with Gasteiger partial charge in [0.05, 0.1) is 17.9 Å². The SMILES string of the molecule is O=C(O)C1CCC1C(=O)N1CCCC1c1ccsc1. The number of likely N-dealkylation sites (tertiary alicyclic amines) is 1. The molecule has 1 aliphatic heterocycles. The van der Waals surface area contributed by atoms with Gasteiger partial charge in [-0.25, -0.2) is 0 Å². The third-order valence-corrected chi connectivity index (χ3v) is 5.07. The van der Waals surface area contributed by atoms with Crippen LogP contribution in [0, 0.1) is 11.8 Å². The first-order valence-electron chi connectivity index (χ1n) is 6.74. The van der Waals surface area contributed by atoms with Crippen molar-refractivity contribution in [3.05, 3.63) is 22.4 Å². The topological polar surface area (TPSA) is 57.6 Å². The Morgan fingerprint density at radius 1 is 1.26 bits per heavy atom. The number of amides is 1. The number of carboxylic acids is 1. The lowest BCUT2D eigenvalue weighted by atomic mass is 9.73. The fraction of sp³-hybridized carbons (Fsp3) is 0.571. The molecule has 1 N–H and O–H groups in total. The number of hydrogen-bond acceptors (Lipinski definition) is 3. The van der Waals surface area contributed by atoms with Crippen LogP contribution in [0.2, 0.25) is 0 Å². The summed E-state index contributed by atoms with van der Waals surface area (Å²) in [5.41, 5.74) is 1.20. The van der Waals surface area contributed by atoms with Gasteiger partial charge in [-0.05, 0) is 48.1 Å². The van der Waals surface area contributed by atoms with Crippen molar-refractivity contribution in [2.75, 3.05) is 6.54 Å². The highest BCUT2D eigenvalue weighted by Crippen LogP contribution is 2.40. The summed E-state index contributed by atoms with van der Waals surface area (Å²) < 4.78 is 0. The van der Waals surface area contributed by atoms with Crippen molar-refractivity contribution in [2.24, 2.45) is 11.8 Å². The molecule has 1 aromatic rings. The van der Waals surface area contributed by atoms with E-state index in [9.17, 15) is 9.59 Å². The molecule has 0 spiro atoms. The Labute approximate surface area is 116 Å². The van der Waals surface area contributed by atoms with E-state index in [1.807, 2.05) is 10.3 Å². The molecule has 2 aliphatic rings. The van der Waals surface area contributed by atoms with E-state index in [2.05, 4.69) is 11.4 Å². The lowest BCUT2D eigenvalue weighted by molar-refractivity contribution is -0.157. The Morgan fingerprint density at radius 2 is 2.05 bits per heavy atom. The number of thiophene rings is 1. The molecule has 102 valence electrons. The van der Waals surface area contributed by atoms with E-state index < -0.39 is 11.9 Å². The van der Waals surface area contributed by atoms with Crippen LogP contribution in [0.25, 0.3) is 0 Å². The maximum atomic E-state index is 12.5. The van der Waals surface area contributed by atoms with Crippen LogP contribution in [-0.4, -0.2) is 28.4 Å². The highest BCUT2D eigenvalue weighted by atomic mass is 32.1. The number of nitrogens with zero attached hydrogens (tertiary/aromatic N) is 1. The zero-order chi connectivity index (χ0) is 13.4. The molecule has 2 heterocycles. The molecule has 4 nitrogen and oxygen atoms in total. The summed E-state index contributed by atoms with van der Waals surface area (Å²) in [6.07, 6.45) is 3.37. The van der Waals surface area contributed by atoms with Crippen LogP contribution in [0.3, 0.4) is 0 Å². The van der Waals surface area contributed by atoms with Crippen molar-refractivity contribution in [3.63, 3.8) is 0 Å². The normalized spacial score (nSPS) is 30.1. The maximum absolute atomic E-state index is 12.5. The third kappa shape index (κ3) is 2.16. The van der Waals surface area contributed by atoms with Gasteiger partial charge < -0.3 is 10.0 Å². The van der Waals surface area contributed by atoms with E-state index in [0.717, 1.165) is 25.8 Å². The van der Waals surface area contributed by atoms with Crippen molar-refractivity contribution in [1.82, 2.24) is 4.90 Å². The Morgan fingerprint density at radius 3 is 2.63 bits per heavy atom. The number of carbonyl (C=O) groups is 2. The molecule has 5 heteroatoms. The molecular weight excluding hydrogens is 262 g/mol. The van der Waals surface area contributed by atoms with E-state index in [0.29, 0.717) is 6.42 Å². The number of aliphatic carboxylic acids is 1. The van der Waals surface area contributed by atoms with E-state index >= 15 is 0 Å². The molecule has 3 atom stereocenters. The Bertz CT molecular complexity index is 485. The minimum Gasteiger partial charge on any atom is -0.481 e. The molecule has 1 saturated heterocycles. The fourth-order valence-electron chi connectivity index (χ4n) is 3.15. The average Bonchev–Trinajstić information content (AvgIpc) is 2.97. The summed E-state index contributed by atoms with van der Waals surface area (Å²) in [6.45, 7) is 0.766. The van der Waals surface area contributed by atoms with Crippen molar-refractivity contribution in [2.45, 2.75) is 31.7 Å². The van der Waals surface area contributed by atoms with Crippen molar-refractivity contribution < 1.29 is 14.7 Å². The Kier molecular flexibility index (Phi) is 3.31. The number of hydrogen-bond donors (Lipinski definition) is 1. The van der Waals surface area contributed by atoms with Gasteiger partial charge in [-0.1, -0.05) is 0 Å². The fourth-order valence-corrected chi connectivity index (χ4v) is 3.85. The van der Waals surface area contributed by atoms with Crippen LogP contribution in [-0.2, 0) is 9.59 Å². The van der Waals surface area contributed by atoms with E-state index in [1.165, 1.54) is 5.56 Å². The minimum absolute atomic E-state index is 0.0485. The highest BCUT2D eigenvalue weighted by Gasteiger charge is 2.45. The second kappa shape index (κ2) is 4.96. The van der Waals surface area contributed by atoms with Gasteiger partial charge in [-0.15, -0.1) is 0 Å². The van der Waals surface area contributed by atoms with E-state index in [4.69, 9.17) is 5.11 Å². The first-order chi connectivity index (χ1) is 9.18. The number of carboxylic acid groups (broad SMARTS) is 1. The lowest BCUT2D eigenvalue weighted by Gasteiger charge is -2.37. The molecule has 0 radical (unpaired) electrons. The Balaban J connectivity index is 1.74. The molecule has 0 bridgehead atoms. The summed E-state index contributed by atoms with van der Waals surface area (Å²) in [7, 11) is 0. The molecule has 19 heavy (non-hydrogen) atoms. The summed E-state index contributed by atoms with van der Waals surface area (Å²) in [5.74, 6) is -1.53. The third-order valence-electron chi connectivity index (χ3n) is 4.37. The molecule has 1 amide bonds. The molecule has 1 saturated carbocycles. The van der Waals surface area contributed by atoms with E-state index in [-0.39, 0.29) is 17.9 Å². The molecule has 3 rings (SSSR count). The first-order valence-corrected chi connectivity index (χ1v) is 7.68. The van der Waals surface area contributed by atoms with Crippen molar-refractivity contribution in [1.29, 1.82) is 0 Å². The summed E-state index contributed by atoms with van der Waals surface area (Å²) in [6, 6.07) is 2.23. The number of rotatable bonds is 3. The second-order valence-corrected chi connectivity index (χ2v) is 6.15. The monoisotopic (exact) mass is 279 g/mol. The van der Waals surface area contributed by atoms with Gasteiger partial charge in [0, 0.05) is 6.54 Å². The first kappa shape index (κ1) is 12.7. The largest absolute Gasteiger partial charge is 0.481 e. The zero-order valence-corrected chi connectivity index (χ0v) is 11.4. The molecule has 1 aliphatic carbocycles. The van der Waals surface area contributed by atoms with Gasteiger partial charge in [0.2, 0.25) is 5.91 Å². The molecule has 3 unspecified atom stereocenters. The predicted octanol–water partition coefficient (Wildman–Crippen LogP) is 2.52. The van der Waals surface area contributed by atoms with Gasteiger partial charge in [-0.3, -0.25) is 9.59 Å².